The number of quaternary nitrogens is 1. The molecule has 5 nitrogen and oxygen atoms in total. The van der Waals surface area contributed by atoms with E-state index in [4.69, 9.17) is 11.6 Å². The number of hydrogen-bond acceptors (Lipinski definition) is 2. The third-order valence-corrected chi connectivity index (χ3v) is 3.66. The first-order valence-corrected chi connectivity index (χ1v) is 6.72. The Labute approximate surface area is 121 Å². The zero-order valence-corrected chi connectivity index (χ0v) is 11.8. The van der Waals surface area contributed by atoms with Gasteiger partial charge in [0.15, 0.2) is 12.6 Å². The molecule has 108 valence electrons. The van der Waals surface area contributed by atoms with Gasteiger partial charge in [0, 0.05) is 0 Å². The molecule has 1 aromatic carbocycles. The summed E-state index contributed by atoms with van der Waals surface area (Å²) in [6.07, 6.45) is 0. The topological polar surface area (TPSA) is 62.6 Å². The average Bonchev–Trinajstić information content (AvgIpc) is 2.41. The summed E-state index contributed by atoms with van der Waals surface area (Å²) in [4.78, 5) is 24.4. The van der Waals surface area contributed by atoms with E-state index in [0.29, 0.717) is 18.8 Å². The SMILES string of the molecule is C[C@@H](C(=O)Nc1ccc(F)cc1Cl)[NH+]1CCNC(=O)C1. The lowest BCUT2D eigenvalue weighted by Crippen LogP contribution is -3.19. The van der Waals surface area contributed by atoms with E-state index >= 15 is 0 Å². The Morgan fingerprint density at radius 3 is 2.95 bits per heavy atom. The van der Waals surface area contributed by atoms with Crippen LogP contribution in [0.1, 0.15) is 6.92 Å². The molecule has 2 atom stereocenters. The number of carbonyl (C=O) groups is 2. The van der Waals surface area contributed by atoms with E-state index in [9.17, 15) is 14.0 Å². The number of benzene rings is 1. The third-order valence-electron chi connectivity index (χ3n) is 3.35. The van der Waals surface area contributed by atoms with E-state index in [1.54, 1.807) is 6.92 Å². The van der Waals surface area contributed by atoms with Gasteiger partial charge in [0.05, 0.1) is 23.8 Å². The summed E-state index contributed by atoms with van der Waals surface area (Å²) in [6.45, 7) is 3.27. The van der Waals surface area contributed by atoms with Crippen LogP contribution in [0.4, 0.5) is 10.1 Å². The predicted molar refractivity (Wildman–Crippen MR) is 73.2 cm³/mol. The molecule has 0 aliphatic carbocycles. The lowest BCUT2D eigenvalue weighted by atomic mass is 10.2. The van der Waals surface area contributed by atoms with E-state index in [2.05, 4.69) is 10.6 Å². The van der Waals surface area contributed by atoms with Gasteiger partial charge >= 0.3 is 0 Å². The van der Waals surface area contributed by atoms with Crippen LogP contribution < -0.4 is 15.5 Å². The minimum Gasteiger partial charge on any atom is -0.346 e. The molecule has 0 saturated carbocycles. The Hall–Kier alpha value is -1.66. The van der Waals surface area contributed by atoms with Crippen molar-refractivity contribution in [1.29, 1.82) is 0 Å². The van der Waals surface area contributed by atoms with Crippen molar-refractivity contribution in [3.05, 3.63) is 29.0 Å². The van der Waals surface area contributed by atoms with Crippen LogP contribution in [0.3, 0.4) is 0 Å². The van der Waals surface area contributed by atoms with Gasteiger partial charge in [0.25, 0.3) is 11.8 Å². The molecule has 0 spiro atoms. The molecule has 1 saturated heterocycles. The van der Waals surface area contributed by atoms with Crippen molar-refractivity contribution >= 4 is 29.1 Å². The maximum atomic E-state index is 12.9. The number of anilines is 1. The second kappa shape index (κ2) is 6.19. The normalized spacial score (nSPS) is 20.1. The Bertz CT molecular complexity index is 538. The highest BCUT2D eigenvalue weighted by Crippen LogP contribution is 2.22. The van der Waals surface area contributed by atoms with Crippen LogP contribution in [0, 0.1) is 5.82 Å². The summed E-state index contributed by atoms with van der Waals surface area (Å²) in [5.74, 6) is -0.770. The molecular weight excluding hydrogens is 285 g/mol. The van der Waals surface area contributed by atoms with Crippen molar-refractivity contribution in [2.75, 3.05) is 25.0 Å². The van der Waals surface area contributed by atoms with Gasteiger partial charge in [-0.3, -0.25) is 9.59 Å². The first kappa shape index (κ1) is 14.7. The second-order valence-corrected chi connectivity index (χ2v) is 5.18. The molecule has 20 heavy (non-hydrogen) atoms. The highest BCUT2D eigenvalue weighted by Gasteiger charge is 2.29. The molecule has 1 aromatic rings. The summed E-state index contributed by atoms with van der Waals surface area (Å²) < 4.78 is 12.9. The number of carbonyl (C=O) groups excluding carboxylic acids is 2. The van der Waals surface area contributed by atoms with Crippen molar-refractivity contribution < 1.29 is 18.9 Å². The summed E-state index contributed by atoms with van der Waals surface area (Å²) in [5.41, 5.74) is 0.366. The third kappa shape index (κ3) is 3.46. The maximum Gasteiger partial charge on any atom is 0.282 e. The van der Waals surface area contributed by atoms with E-state index in [-0.39, 0.29) is 29.4 Å². The molecule has 1 unspecified atom stereocenters. The lowest BCUT2D eigenvalue weighted by Gasteiger charge is -2.28. The van der Waals surface area contributed by atoms with E-state index in [1.165, 1.54) is 12.1 Å². The summed E-state index contributed by atoms with van der Waals surface area (Å²) in [5, 5.41) is 5.53. The smallest absolute Gasteiger partial charge is 0.282 e. The summed E-state index contributed by atoms with van der Waals surface area (Å²) in [7, 11) is 0. The average molecular weight is 301 g/mol. The molecule has 1 heterocycles. The number of piperazine rings is 1. The highest BCUT2D eigenvalue weighted by molar-refractivity contribution is 6.33. The second-order valence-electron chi connectivity index (χ2n) is 4.77. The number of nitrogens with one attached hydrogen (secondary N) is 3. The standard InChI is InChI=1S/C13H15ClFN3O2/c1-8(18-5-4-16-12(19)7-18)13(20)17-11-3-2-9(15)6-10(11)14/h2-3,6,8H,4-5,7H2,1H3,(H,16,19)(H,17,20)/p+1/t8-/m0/s1. The number of halogens is 2. The fourth-order valence-electron chi connectivity index (χ4n) is 2.11. The van der Waals surface area contributed by atoms with Crippen LogP contribution in [0.2, 0.25) is 5.02 Å². The van der Waals surface area contributed by atoms with Gasteiger partial charge in [-0.1, -0.05) is 11.6 Å². The zero-order valence-electron chi connectivity index (χ0n) is 11.0. The molecule has 1 aliphatic heterocycles. The fourth-order valence-corrected chi connectivity index (χ4v) is 2.32. The molecule has 2 amide bonds. The zero-order chi connectivity index (χ0) is 14.7. The first-order valence-electron chi connectivity index (χ1n) is 6.34. The Balaban J connectivity index is 2.01. The Morgan fingerprint density at radius 2 is 2.30 bits per heavy atom. The minimum atomic E-state index is -0.459. The van der Waals surface area contributed by atoms with Gasteiger partial charge in [0.1, 0.15) is 5.82 Å². The van der Waals surface area contributed by atoms with E-state index in [0.717, 1.165) is 11.0 Å². The van der Waals surface area contributed by atoms with Crippen molar-refractivity contribution in [3.8, 4) is 0 Å². The van der Waals surface area contributed by atoms with E-state index < -0.39 is 5.82 Å². The Kier molecular flexibility index (Phi) is 4.57. The molecule has 0 bridgehead atoms. The lowest BCUT2D eigenvalue weighted by molar-refractivity contribution is -0.907. The van der Waals surface area contributed by atoms with Crippen LogP contribution in [-0.2, 0) is 9.59 Å². The number of rotatable bonds is 3. The van der Waals surface area contributed by atoms with Crippen molar-refractivity contribution in [1.82, 2.24) is 5.32 Å². The molecule has 1 aliphatic rings. The minimum absolute atomic E-state index is 0.0642. The number of hydrogen-bond donors (Lipinski definition) is 3. The van der Waals surface area contributed by atoms with Crippen LogP contribution in [0.5, 0.6) is 0 Å². The van der Waals surface area contributed by atoms with E-state index in [1.807, 2.05) is 0 Å². The molecule has 0 aromatic heterocycles. The van der Waals surface area contributed by atoms with Gasteiger partial charge < -0.3 is 15.5 Å². The van der Waals surface area contributed by atoms with Gasteiger partial charge in [-0.15, -0.1) is 0 Å². The summed E-state index contributed by atoms with van der Waals surface area (Å²) in [6, 6.07) is 3.40. The van der Waals surface area contributed by atoms with Crippen molar-refractivity contribution in [2.24, 2.45) is 0 Å². The molecule has 3 N–H and O–H groups in total. The van der Waals surface area contributed by atoms with Crippen molar-refractivity contribution in [2.45, 2.75) is 13.0 Å². The highest BCUT2D eigenvalue weighted by atomic mass is 35.5. The largest absolute Gasteiger partial charge is 0.346 e. The Morgan fingerprint density at radius 1 is 1.55 bits per heavy atom. The van der Waals surface area contributed by atoms with Crippen LogP contribution in [-0.4, -0.2) is 37.5 Å². The molecule has 0 radical (unpaired) electrons. The summed E-state index contributed by atoms with van der Waals surface area (Å²) >= 11 is 5.86. The molecule has 7 heteroatoms. The first-order chi connectivity index (χ1) is 9.47. The molecule has 1 fully saturated rings. The molecular formula is C13H16ClFN3O2+. The quantitative estimate of drug-likeness (QED) is 0.725. The monoisotopic (exact) mass is 300 g/mol. The predicted octanol–water partition coefficient (Wildman–Crippen LogP) is -0.179. The van der Waals surface area contributed by atoms with Crippen molar-refractivity contribution in [3.63, 3.8) is 0 Å². The van der Waals surface area contributed by atoms with Gasteiger partial charge in [-0.05, 0) is 25.1 Å². The van der Waals surface area contributed by atoms with Gasteiger partial charge in [0.2, 0.25) is 0 Å². The van der Waals surface area contributed by atoms with Crippen LogP contribution >= 0.6 is 11.6 Å². The molecule has 2 rings (SSSR count). The fraction of sp³-hybridized carbons (Fsp3) is 0.385. The number of amides is 2. The maximum absolute atomic E-state index is 12.9. The van der Waals surface area contributed by atoms with Crippen LogP contribution in [0.25, 0.3) is 0 Å². The van der Waals surface area contributed by atoms with Gasteiger partial charge in [-0.25, -0.2) is 4.39 Å². The van der Waals surface area contributed by atoms with Crippen LogP contribution in [0.15, 0.2) is 18.2 Å². The van der Waals surface area contributed by atoms with Gasteiger partial charge in [-0.2, -0.15) is 0 Å².